The van der Waals surface area contributed by atoms with Crippen LogP contribution in [0.5, 0.6) is 5.75 Å². The van der Waals surface area contributed by atoms with E-state index in [1.165, 1.54) is 26.4 Å². The second-order valence-electron chi connectivity index (χ2n) is 4.21. The average molecular weight is 301 g/mol. The maximum Gasteiger partial charge on any atom is 0.328 e. The highest BCUT2D eigenvalue weighted by Gasteiger charge is 2.23. The van der Waals surface area contributed by atoms with E-state index in [9.17, 15) is 9.18 Å². The van der Waals surface area contributed by atoms with Gasteiger partial charge in [-0.15, -0.1) is 11.6 Å². The number of nitrogens with zero attached hydrogens (tertiary/aromatic N) is 2. The molecule has 0 N–H and O–H groups in total. The summed E-state index contributed by atoms with van der Waals surface area (Å²) in [5.74, 6) is -0.306. The molecule has 7 heteroatoms. The molecule has 0 radical (unpaired) electrons. The molecule has 1 atom stereocenters. The molecule has 2 rings (SSSR count). The summed E-state index contributed by atoms with van der Waals surface area (Å²) >= 11 is 5.85. The molecule has 5 nitrogen and oxygen atoms in total. The van der Waals surface area contributed by atoms with Gasteiger partial charge in [-0.3, -0.25) is 0 Å². The number of esters is 1. The topological polar surface area (TPSA) is 53.4 Å². The molecule has 0 spiro atoms. The monoisotopic (exact) mass is 300 g/mol. The molecule has 108 valence electrons. The van der Waals surface area contributed by atoms with Crippen LogP contribution < -0.4 is 4.74 Å². The Balaban J connectivity index is 2.70. The fourth-order valence-corrected chi connectivity index (χ4v) is 2.29. The van der Waals surface area contributed by atoms with Gasteiger partial charge >= 0.3 is 5.97 Å². The van der Waals surface area contributed by atoms with Gasteiger partial charge in [-0.25, -0.2) is 14.2 Å². The van der Waals surface area contributed by atoms with Gasteiger partial charge in [0.05, 0.1) is 31.1 Å². The largest absolute Gasteiger partial charge is 0.494 e. The lowest BCUT2D eigenvalue weighted by Gasteiger charge is -2.14. The fraction of sp³-hybridized carbons (Fsp3) is 0.385. The van der Waals surface area contributed by atoms with E-state index in [1.807, 2.05) is 0 Å². The van der Waals surface area contributed by atoms with E-state index in [2.05, 4.69) is 4.98 Å². The zero-order valence-electron chi connectivity index (χ0n) is 11.3. The number of carbonyl (C=O) groups is 1. The predicted molar refractivity (Wildman–Crippen MR) is 72.5 cm³/mol. The van der Waals surface area contributed by atoms with Gasteiger partial charge in [-0.05, 0) is 6.92 Å². The Bertz CT molecular complexity index is 657. The van der Waals surface area contributed by atoms with Gasteiger partial charge in [-0.2, -0.15) is 0 Å². The molecule has 0 saturated heterocycles. The summed E-state index contributed by atoms with van der Waals surface area (Å²) in [4.78, 5) is 16.0. The van der Waals surface area contributed by atoms with Crippen molar-refractivity contribution in [2.24, 2.45) is 0 Å². The molecule has 2 aromatic rings. The zero-order valence-corrected chi connectivity index (χ0v) is 12.1. The van der Waals surface area contributed by atoms with E-state index in [0.29, 0.717) is 16.9 Å². The summed E-state index contributed by atoms with van der Waals surface area (Å²) in [5, 5.41) is 0. The van der Waals surface area contributed by atoms with Crippen molar-refractivity contribution in [1.82, 2.24) is 9.55 Å². The average Bonchev–Trinajstić information content (AvgIpc) is 2.81. The van der Waals surface area contributed by atoms with Crippen molar-refractivity contribution < 1.29 is 18.7 Å². The number of carbonyl (C=O) groups excluding carboxylic acids is 1. The van der Waals surface area contributed by atoms with Gasteiger partial charge in [0.1, 0.15) is 11.9 Å². The smallest absolute Gasteiger partial charge is 0.328 e. The minimum Gasteiger partial charge on any atom is -0.494 e. The lowest BCUT2D eigenvalue weighted by Crippen LogP contribution is -2.19. The van der Waals surface area contributed by atoms with E-state index >= 15 is 0 Å². The quantitative estimate of drug-likeness (QED) is 0.643. The molecule has 0 fully saturated rings. The van der Waals surface area contributed by atoms with E-state index in [0.717, 1.165) is 0 Å². The lowest BCUT2D eigenvalue weighted by atomic mass is 10.2. The first-order valence-electron chi connectivity index (χ1n) is 5.91. The minimum atomic E-state index is -0.617. The van der Waals surface area contributed by atoms with Gasteiger partial charge in [0.25, 0.3) is 0 Å². The molecule has 1 aromatic heterocycles. The Labute approximate surface area is 120 Å². The maximum atomic E-state index is 13.7. The van der Waals surface area contributed by atoms with Gasteiger partial charge in [0, 0.05) is 12.1 Å². The Morgan fingerprint density at radius 2 is 2.20 bits per heavy atom. The molecule has 1 heterocycles. The number of alkyl halides is 1. The van der Waals surface area contributed by atoms with Crippen LogP contribution in [0.3, 0.4) is 0 Å². The molecule has 0 aliphatic heterocycles. The van der Waals surface area contributed by atoms with Crippen molar-refractivity contribution in [3.63, 3.8) is 0 Å². The van der Waals surface area contributed by atoms with Crippen LogP contribution in [0.4, 0.5) is 4.39 Å². The van der Waals surface area contributed by atoms with Gasteiger partial charge in [0.2, 0.25) is 0 Å². The maximum absolute atomic E-state index is 13.7. The van der Waals surface area contributed by atoms with Crippen LogP contribution in [-0.4, -0.2) is 29.7 Å². The minimum absolute atomic E-state index is 0.0804. The number of methoxy groups -OCH3 is 2. The lowest BCUT2D eigenvalue weighted by molar-refractivity contribution is -0.143. The molecule has 0 aliphatic rings. The molecule has 0 amide bonds. The van der Waals surface area contributed by atoms with E-state index in [1.54, 1.807) is 11.5 Å². The summed E-state index contributed by atoms with van der Waals surface area (Å²) in [6.45, 7) is 1.67. The van der Waals surface area contributed by atoms with Crippen LogP contribution in [0.1, 0.15) is 18.8 Å². The third-order valence-corrected chi connectivity index (χ3v) is 3.32. The number of fused-ring (bicyclic) bond motifs is 1. The Kier molecular flexibility index (Phi) is 4.13. The molecular weight excluding hydrogens is 287 g/mol. The summed E-state index contributed by atoms with van der Waals surface area (Å²) in [6.07, 6.45) is 0. The summed E-state index contributed by atoms with van der Waals surface area (Å²) < 4.78 is 25.0. The first-order chi connectivity index (χ1) is 9.53. The van der Waals surface area contributed by atoms with Crippen LogP contribution in [-0.2, 0) is 15.4 Å². The number of imidazole rings is 1. The number of hydrogen-bond acceptors (Lipinski definition) is 4. The molecule has 20 heavy (non-hydrogen) atoms. The van der Waals surface area contributed by atoms with Gasteiger partial charge < -0.3 is 14.0 Å². The number of halogens is 2. The second kappa shape index (κ2) is 5.66. The number of benzene rings is 1. The third kappa shape index (κ3) is 2.31. The molecule has 0 bridgehead atoms. The molecule has 1 aromatic carbocycles. The van der Waals surface area contributed by atoms with E-state index in [-0.39, 0.29) is 11.6 Å². The molecular formula is C13H14ClFN2O3. The Morgan fingerprint density at radius 1 is 1.50 bits per heavy atom. The predicted octanol–water partition coefficient (Wildman–Crippen LogP) is 2.66. The molecule has 0 aliphatic carbocycles. The summed E-state index contributed by atoms with van der Waals surface area (Å²) in [5.41, 5.74) is 0.978. The second-order valence-corrected chi connectivity index (χ2v) is 4.47. The van der Waals surface area contributed by atoms with Crippen LogP contribution >= 0.6 is 11.6 Å². The van der Waals surface area contributed by atoms with E-state index < -0.39 is 17.8 Å². The van der Waals surface area contributed by atoms with Crippen LogP contribution in [0.25, 0.3) is 11.0 Å². The highest BCUT2D eigenvalue weighted by molar-refractivity contribution is 6.16. The summed E-state index contributed by atoms with van der Waals surface area (Å²) in [6, 6.07) is 2.13. The molecule has 1 unspecified atom stereocenters. The Hall–Kier alpha value is -1.82. The standard InChI is InChI=1S/C13H14ClFN2O3/c1-7(13(18)20-3)17-10-5-11(19-2)8(15)4-9(10)16-12(17)6-14/h4-5,7H,6H2,1-3H3. The van der Waals surface area contributed by atoms with E-state index in [4.69, 9.17) is 21.1 Å². The SMILES string of the molecule is COC(=O)C(C)n1c(CCl)nc2cc(F)c(OC)cc21. The van der Waals surface area contributed by atoms with Gasteiger partial charge in [-0.1, -0.05) is 0 Å². The van der Waals surface area contributed by atoms with Crippen molar-refractivity contribution >= 4 is 28.6 Å². The van der Waals surface area contributed by atoms with Crippen LogP contribution in [0.2, 0.25) is 0 Å². The number of rotatable bonds is 4. The van der Waals surface area contributed by atoms with Crippen LogP contribution in [0.15, 0.2) is 12.1 Å². The van der Waals surface area contributed by atoms with Gasteiger partial charge in [0.15, 0.2) is 11.6 Å². The fourth-order valence-electron chi connectivity index (χ4n) is 2.11. The van der Waals surface area contributed by atoms with Crippen molar-refractivity contribution in [3.05, 3.63) is 23.8 Å². The molecule has 0 saturated carbocycles. The third-order valence-electron chi connectivity index (χ3n) is 3.09. The van der Waals surface area contributed by atoms with Crippen molar-refractivity contribution in [1.29, 1.82) is 0 Å². The highest BCUT2D eigenvalue weighted by atomic mass is 35.5. The first kappa shape index (κ1) is 14.6. The normalized spacial score (nSPS) is 12.4. The zero-order chi connectivity index (χ0) is 14.9. The van der Waals surface area contributed by atoms with Crippen molar-refractivity contribution in [2.75, 3.05) is 14.2 Å². The van der Waals surface area contributed by atoms with Crippen molar-refractivity contribution in [2.45, 2.75) is 18.8 Å². The highest BCUT2D eigenvalue weighted by Crippen LogP contribution is 2.28. The summed E-state index contributed by atoms with van der Waals surface area (Å²) in [7, 11) is 2.68. The first-order valence-corrected chi connectivity index (χ1v) is 6.45. The number of ether oxygens (including phenoxy) is 2. The van der Waals surface area contributed by atoms with Crippen molar-refractivity contribution in [3.8, 4) is 5.75 Å². The van der Waals surface area contributed by atoms with Crippen LogP contribution in [0, 0.1) is 5.82 Å². The number of hydrogen-bond donors (Lipinski definition) is 0. The Morgan fingerprint density at radius 3 is 2.75 bits per heavy atom. The number of aromatic nitrogens is 2.